The van der Waals surface area contributed by atoms with Gasteiger partial charge in [0.2, 0.25) is 5.91 Å². The molecule has 170 valence electrons. The largest absolute Gasteiger partial charge is 0.345 e. The number of carbonyl (C=O) groups is 1. The van der Waals surface area contributed by atoms with Crippen LogP contribution in [0.5, 0.6) is 0 Å². The number of likely N-dealkylation sites (tertiary alicyclic amines) is 1. The number of para-hydroxylation sites is 1. The molecule has 3 aliphatic heterocycles. The molecule has 0 saturated carbocycles. The standard InChI is InChI=1S/C28H37N3O/c1-19(2)31-18-22(24-9-3-4-11-26(24)31)16-27(32)30-13-7-8-20-14-21-15-23(28(20)30)17-29-12-6-5-10-25(21)29/h3-4,9,11,14,18-19,21,23,25,28H,5-8,10,12-13,15-17H2,1-2H3. The minimum absolute atomic E-state index is 0.325. The summed E-state index contributed by atoms with van der Waals surface area (Å²) < 4.78 is 2.32. The summed E-state index contributed by atoms with van der Waals surface area (Å²) in [5, 5.41) is 1.24. The van der Waals surface area contributed by atoms with Gasteiger partial charge in [0.25, 0.3) is 0 Å². The van der Waals surface area contributed by atoms with Gasteiger partial charge in [0, 0.05) is 42.3 Å². The van der Waals surface area contributed by atoms with Crippen molar-refractivity contribution in [3.8, 4) is 0 Å². The highest BCUT2D eigenvalue weighted by atomic mass is 16.2. The maximum absolute atomic E-state index is 13.8. The average Bonchev–Trinajstić information content (AvgIpc) is 3.17. The van der Waals surface area contributed by atoms with E-state index in [0.29, 0.717) is 30.3 Å². The van der Waals surface area contributed by atoms with E-state index in [1.165, 1.54) is 61.7 Å². The highest BCUT2D eigenvalue weighted by Gasteiger charge is 2.46. The first-order valence-corrected chi connectivity index (χ1v) is 12.9. The van der Waals surface area contributed by atoms with Gasteiger partial charge in [-0.3, -0.25) is 9.69 Å². The molecule has 4 nitrogen and oxygen atoms in total. The number of amides is 1. The molecule has 1 aliphatic carbocycles. The van der Waals surface area contributed by atoms with Crippen molar-refractivity contribution in [2.45, 2.75) is 76.9 Å². The van der Waals surface area contributed by atoms with E-state index in [-0.39, 0.29) is 0 Å². The molecule has 6 rings (SSSR count). The lowest BCUT2D eigenvalue weighted by molar-refractivity contribution is -0.135. The zero-order chi connectivity index (χ0) is 21.8. The van der Waals surface area contributed by atoms with Gasteiger partial charge in [0.05, 0.1) is 12.5 Å². The van der Waals surface area contributed by atoms with E-state index in [4.69, 9.17) is 0 Å². The number of rotatable bonds is 3. The third kappa shape index (κ3) is 3.34. The zero-order valence-electron chi connectivity index (χ0n) is 19.7. The van der Waals surface area contributed by atoms with Crippen molar-refractivity contribution in [1.82, 2.24) is 14.4 Å². The fraction of sp³-hybridized carbons (Fsp3) is 0.607. The van der Waals surface area contributed by atoms with Crippen LogP contribution in [0.2, 0.25) is 0 Å². The molecule has 0 spiro atoms. The summed E-state index contributed by atoms with van der Waals surface area (Å²) in [6.07, 6.45) is 13.1. The minimum atomic E-state index is 0.325. The first-order valence-electron chi connectivity index (χ1n) is 12.9. The Balaban J connectivity index is 1.28. The Bertz CT molecular complexity index is 1050. The Morgan fingerprint density at radius 1 is 1.12 bits per heavy atom. The van der Waals surface area contributed by atoms with Crippen LogP contribution in [-0.4, -0.2) is 52.0 Å². The van der Waals surface area contributed by atoms with Gasteiger partial charge >= 0.3 is 0 Å². The maximum atomic E-state index is 13.8. The summed E-state index contributed by atoms with van der Waals surface area (Å²) in [6.45, 7) is 7.81. The molecule has 32 heavy (non-hydrogen) atoms. The van der Waals surface area contributed by atoms with Crippen molar-refractivity contribution < 1.29 is 4.79 Å². The van der Waals surface area contributed by atoms with Gasteiger partial charge in [-0.25, -0.2) is 0 Å². The smallest absolute Gasteiger partial charge is 0.227 e. The van der Waals surface area contributed by atoms with Gasteiger partial charge in [-0.2, -0.15) is 0 Å². The highest BCUT2D eigenvalue weighted by molar-refractivity contribution is 5.89. The number of aromatic nitrogens is 1. The molecule has 1 aromatic heterocycles. The van der Waals surface area contributed by atoms with Crippen molar-refractivity contribution in [2.75, 3.05) is 19.6 Å². The van der Waals surface area contributed by atoms with E-state index in [1.54, 1.807) is 5.57 Å². The topological polar surface area (TPSA) is 28.5 Å². The van der Waals surface area contributed by atoms with Crippen LogP contribution < -0.4 is 0 Å². The Hall–Kier alpha value is -2.07. The SMILES string of the molecule is CC(C)n1cc(CC(=O)N2CCCC3=CC4CC(CN5CCCCC45)C32)c2ccccc21. The minimum Gasteiger partial charge on any atom is -0.345 e. The van der Waals surface area contributed by atoms with Crippen LogP contribution in [0.3, 0.4) is 0 Å². The normalized spacial score (nSPS) is 30.2. The van der Waals surface area contributed by atoms with Crippen molar-refractivity contribution in [2.24, 2.45) is 11.8 Å². The molecule has 4 atom stereocenters. The second-order valence-corrected chi connectivity index (χ2v) is 10.9. The van der Waals surface area contributed by atoms with Crippen molar-refractivity contribution >= 4 is 16.8 Å². The Morgan fingerprint density at radius 3 is 2.88 bits per heavy atom. The fourth-order valence-corrected chi connectivity index (χ4v) is 7.36. The van der Waals surface area contributed by atoms with Crippen LogP contribution in [0.15, 0.2) is 42.1 Å². The van der Waals surface area contributed by atoms with E-state index in [0.717, 1.165) is 24.9 Å². The molecule has 4 heterocycles. The molecule has 4 unspecified atom stereocenters. The quantitative estimate of drug-likeness (QED) is 0.626. The van der Waals surface area contributed by atoms with Crippen LogP contribution in [0.4, 0.5) is 0 Å². The number of benzene rings is 1. The van der Waals surface area contributed by atoms with Gasteiger partial charge in [-0.05, 0) is 76.0 Å². The van der Waals surface area contributed by atoms with Crippen molar-refractivity contribution in [3.05, 3.63) is 47.7 Å². The molecular weight excluding hydrogens is 394 g/mol. The van der Waals surface area contributed by atoms with E-state index in [1.807, 2.05) is 0 Å². The molecule has 3 saturated heterocycles. The lowest BCUT2D eigenvalue weighted by Crippen LogP contribution is -2.60. The monoisotopic (exact) mass is 431 g/mol. The molecule has 4 heteroatoms. The Labute approximate surface area is 192 Å². The number of hydrogen-bond donors (Lipinski definition) is 0. The van der Waals surface area contributed by atoms with Crippen LogP contribution in [0.25, 0.3) is 10.9 Å². The van der Waals surface area contributed by atoms with Crippen LogP contribution in [0.1, 0.15) is 64.0 Å². The molecule has 0 radical (unpaired) electrons. The van der Waals surface area contributed by atoms with Gasteiger partial charge in [0.1, 0.15) is 0 Å². The number of fused-ring (bicyclic) bond motifs is 7. The molecule has 1 aromatic carbocycles. The number of piperidine rings is 3. The number of hydrogen-bond acceptors (Lipinski definition) is 2. The van der Waals surface area contributed by atoms with Gasteiger partial charge in [0.15, 0.2) is 0 Å². The molecular formula is C28H37N3O. The first kappa shape index (κ1) is 20.5. The molecule has 2 bridgehead atoms. The Kier molecular flexibility index (Phi) is 5.17. The van der Waals surface area contributed by atoms with E-state index in [2.05, 4.69) is 64.8 Å². The third-order valence-corrected chi connectivity index (χ3v) is 8.70. The van der Waals surface area contributed by atoms with Gasteiger partial charge < -0.3 is 9.47 Å². The fourth-order valence-electron chi connectivity index (χ4n) is 7.36. The summed E-state index contributed by atoms with van der Waals surface area (Å²) in [4.78, 5) is 18.8. The summed E-state index contributed by atoms with van der Waals surface area (Å²) >= 11 is 0. The molecule has 1 amide bonds. The van der Waals surface area contributed by atoms with E-state index in [9.17, 15) is 4.79 Å². The van der Waals surface area contributed by atoms with Gasteiger partial charge in [-0.15, -0.1) is 0 Å². The second-order valence-electron chi connectivity index (χ2n) is 10.9. The van der Waals surface area contributed by atoms with E-state index >= 15 is 0 Å². The number of carbonyl (C=O) groups excluding carboxylic acids is 1. The summed E-state index contributed by atoms with van der Waals surface area (Å²) in [7, 11) is 0. The Morgan fingerprint density at radius 2 is 2.00 bits per heavy atom. The van der Waals surface area contributed by atoms with Crippen molar-refractivity contribution in [3.63, 3.8) is 0 Å². The maximum Gasteiger partial charge on any atom is 0.227 e. The first-order chi connectivity index (χ1) is 15.6. The zero-order valence-corrected chi connectivity index (χ0v) is 19.7. The third-order valence-electron chi connectivity index (χ3n) is 8.70. The lowest BCUT2D eigenvalue weighted by Gasteiger charge is -2.54. The predicted molar refractivity (Wildman–Crippen MR) is 130 cm³/mol. The van der Waals surface area contributed by atoms with Gasteiger partial charge in [-0.1, -0.05) is 36.3 Å². The summed E-state index contributed by atoms with van der Waals surface area (Å²) in [5.74, 6) is 1.67. The van der Waals surface area contributed by atoms with Crippen LogP contribution in [0, 0.1) is 11.8 Å². The summed E-state index contributed by atoms with van der Waals surface area (Å²) in [5.41, 5.74) is 4.01. The average molecular weight is 432 g/mol. The van der Waals surface area contributed by atoms with Crippen LogP contribution in [-0.2, 0) is 11.2 Å². The highest BCUT2D eigenvalue weighted by Crippen LogP contribution is 2.45. The molecule has 4 aliphatic rings. The second kappa shape index (κ2) is 8.06. The summed E-state index contributed by atoms with van der Waals surface area (Å²) in [6, 6.07) is 10.1. The molecule has 3 fully saturated rings. The number of nitrogens with zero attached hydrogens (tertiary/aromatic N) is 3. The molecule has 0 N–H and O–H groups in total. The van der Waals surface area contributed by atoms with Crippen LogP contribution >= 0.6 is 0 Å². The van der Waals surface area contributed by atoms with Crippen molar-refractivity contribution in [1.29, 1.82) is 0 Å². The molecule has 2 aromatic rings. The van der Waals surface area contributed by atoms with E-state index < -0.39 is 0 Å². The predicted octanol–water partition coefficient (Wildman–Crippen LogP) is 5.19. The lowest BCUT2D eigenvalue weighted by atomic mass is 9.68.